The van der Waals surface area contributed by atoms with Crippen molar-refractivity contribution in [1.29, 1.82) is 0 Å². The topological polar surface area (TPSA) is 111 Å². The molecule has 0 unspecified atom stereocenters. The third-order valence-electron chi connectivity index (χ3n) is 4.77. The Hall–Kier alpha value is -2.37. The van der Waals surface area contributed by atoms with Crippen molar-refractivity contribution < 1.29 is 22.8 Å². The van der Waals surface area contributed by atoms with Crippen LogP contribution in [0.4, 0.5) is 13.2 Å². The van der Waals surface area contributed by atoms with Crippen molar-refractivity contribution in [2.45, 2.75) is 57.7 Å². The van der Waals surface area contributed by atoms with Crippen molar-refractivity contribution in [3.63, 3.8) is 0 Å². The van der Waals surface area contributed by atoms with E-state index in [-0.39, 0.29) is 28.6 Å². The molecule has 1 atom stereocenters. The molecule has 2 heterocycles. The molecule has 0 aliphatic heterocycles. The zero-order chi connectivity index (χ0) is 22.6. The SMILES string of the molecule is CCCCCCc1nc(-c2ccc(-c3nnc([C@@](C)(N)CO)s3)cc2C(F)(F)F)no1. The molecule has 0 aliphatic rings. The van der Waals surface area contributed by atoms with Gasteiger partial charge in [0.25, 0.3) is 0 Å². The predicted molar refractivity (Wildman–Crippen MR) is 110 cm³/mol. The molecule has 2 aromatic heterocycles. The molecule has 1 aromatic carbocycles. The minimum Gasteiger partial charge on any atom is -0.394 e. The van der Waals surface area contributed by atoms with Crippen LogP contribution >= 0.6 is 11.3 Å². The number of nitrogens with two attached hydrogens (primary N) is 1. The van der Waals surface area contributed by atoms with Gasteiger partial charge in [-0.3, -0.25) is 0 Å². The number of nitrogens with zero attached hydrogens (tertiary/aromatic N) is 4. The Balaban J connectivity index is 1.91. The Bertz CT molecular complexity index is 1020. The Morgan fingerprint density at radius 3 is 2.61 bits per heavy atom. The van der Waals surface area contributed by atoms with Crippen molar-refractivity contribution in [1.82, 2.24) is 20.3 Å². The molecule has 3 N–H and O–H groups in total. The number of hydrogen-bond acceptors (Lipinski definition) is 8. The summed E-state index contributed by atoms with van der Waals surface area (Å²) in [5.41, 5.74) is 3.99. The second kappa shape index (κ2) is 9.41. The average Bonchev–Trinajstić information content (AvgIpc) is 3.40. The van der Waals surface area contributed by atoms with E-state index in [0.29, 0.717) is 17.3 Å². The number of halogens is 3. The highest BCUT2D eigenvalue weighted by Gasteiger charge is 2.36. The lowest BCUT2D eigenvalue weighted by atomic mass is 10.0. The standard InChI is InChI=1S/C20H24F3N5O2S/c1-3-4-5-6-7-15-25-16(28-30-15)13-9-8-12(10-14(13)20(21,22)23)17-26-27-18(31-17)19(2,24)11-29/h8-10,29H,3-7,11,24H2,1-2H3/t19-/m0/s1. The molecule has 0 saturated heterocycles. The van der Waals surface area contributed by atoms with Crippen LogP contribution in [0, 0.1) is 0 Å². The lowest BCUT2D eigenvalue weighted by molar-refractivity contribution is -0.137. The number of aliphatic hydroxyl groups is 1. The van der Waals surface area contributed by atoms with E-state index in [9.17, 15) is 18.3 Å². The van der Waals surface area contributed by atoms with Crippen LogP contribution in [0.5, 0.6) is 0 Å². The maximum atomic E-state index is 13.8. The maximum absolute atomic E-state index is 13.8. The van der Waals surface area contributed by atoms with E-state index in [2.05, 4.69) is 27.3 Å². The molecule has 0 saturated carbocycles. The molecular weight excluding hydrogens is 431 g/mol. The van der Waals surface area contributed by atoms with Gasteiger partial charge in [0.1, 0.15) is 10.0 Å². The number of aryl methyl sites for hydroxylation is 1. The minimum absolute atomic E-state index is 0.0999. The second-order valence-corrected chi connectivity index (χ2v) is 8.55. The lowest BCUT2D eigenvalue weighted by Gasteiger charge is -2.16. The minimum atomic E-state index is -4.63. The molecule has 0 spiro atoms. The van der Waals surface area contributed by atoms with Gasteiger partial charge in [-0.2, -0.15) is 18.2 Å². The number of aromatic nitrogens is 4. The van der Waals surface area contributed by atoms with Crippen molar-refractivity contribution in [3.8, 4) is 22.0 Å². The summed E-state index contributed by atoms with van der Waals surface area (Å²) in [6, 6.07) is 3.79. The highest BCUT2D eigenvalue weighted by Crippen LogP contribution is 2.39. The summed E-state index contributed by atoms with van der Waals surface area (Å²) in [4.78, 5) is 4.15. The number of rotatable bonds is 9. The van der Waals surface area contributed by atoms with Gasteiger partial charge in [0.05, 0.1) is 17.7 Å². The molecule has 0 aliphatic carbocycles. The van der Waals surface area contributed by atoms with E-state index >= 15 is 0 Å². The monoisotopic (exact) mass is 455 g/mol. The van der Waals surface area contributed by atoms with Gasteiger partial charge in [-0.15, -0.1) is 10.2 Å². The van der Waals surface area contributed by atoms with E-state index in [4.69, 9.17) is 10.3 Å². The maximum Gasteiger partial charge on any atom is 0.417 e. The molecule has 3 aromatic rings. The summed E-state index contributed by atoms with van der Waals surface area (Å²) in [5.74, 6) is 0.223. The van der Waals surface area contributed by atoms with Gasteiger partial charge in [-0.1, -0.05) is 48.7 Å². The van der Waals surface area contributed by atoms with E-state index in [0.717, 1.165) is 43.1 Å². The van der Waals surface area contributed by atoms with Crippen LogP contribution < -0.4 is 5.73 Å². The molecular formula is C20H24F3N5O2S. The largest absolute Gasteiger partial charge is 0.417 e. The summed E-state index contributed by atoms with van der Waals surface area (Å²) in [6.07, 6.45) is -0.101. The first kappa shape index (κ1) is 23.3. The predicted octanol–water partition coefficient (Wildman–Crippen LogP) is 4.56. The van der Waals surface area contributed by atoms with Crippen LogP contribution in [0.1, 0.15) is 56.0 Å². The molecule has 7 nitrogen and oxygen atoms in total. The van der Waals surface area contributed by atoms with E-state index in [1.54, 1.807) is 6.92 Å². The first-order chi connectivity index (χ1) is 14.7. The smallest absolute Gasteiger partial charge is 0.394 e. The number of unbranched alkanes of at least 4 members (excludes halogenated alkanes) is 3. The van der Waals surface area contributed by atoms with Gasteiger partial charge in [-0.25, -0.2) is 0 Å². The summed E-state index contributed by atoms with van der Waals surface area (Å²) in [5, 5.41) is 21.6. The molecule has 0 radical (unpaired) electrons. The number of aliphatic hydroxyl groups excluding tert-OH is 1. The fraction of sp³-hybridized carbons (Fsp3) is 0.500. The van der Waals surface area contributed by atoms with E-state index in [1.165, 1.54) is 12.1 Å². The molecule has 0 amide bonds. The zero-order valence-electron chi connectivity index (χ0n) is 17.2. The van der Waals surface area contributed by atoms with Crippen LogP contribution in [0.2, 0.25) is 0 Å². The molecule has 11 heteroatoms. The second-order valence-electron chi connectivity index (χ2n) is 7.57. The van der Waals surface area contributed by atoms with Crippen LogP contribution in [0.3, 0.4) is 0 Å². The molecule has 0 bridgehead atoms. The highest BCUT2D eigenvalue weighted by atomic mass is 32.1. The number of alkyl halides is 3. The summed E-state index contributed by atoms with van der Waals surface area (Å²) in [7, 11) is 0. The van der Waals surface area contributed by atoms with Gasteiger partial charge in [0.2, 0.25) is 11.7 Å². The van der Waals surface area contributed by atoms with Crippen LogP contribution in [0.25, 0.3) is 22.0 Å². The third-order valence-corrected chi connectivity index (χ3v) is 6.02. The first-order valence-electron chi connectivity index (χ1n) is 9.94. The lowest BCUT2D eigenvalue weighted by Crippen LogP contribution is -2.36. The van der Waals surface area contributed by atoms with Gasteiger partial charge in [0, 0.05) is 17.5 Å². The van der Waals surface area contributed by atoms with Gasteiger partial charge in [0.15, 0.2) is 0 Å². The van der Waals surface area contributed by atoms with Gasteiger partial charge >= 0.3 is 6.18 Å². The normalized spacial score (nSPS) is 14.0. The molecule has 0 fully saturated rings. The first-order valence-corrected chi connectivity index (χ1v) is 10.8. The molecule has 3 rings (SSSR count). The Morgan fingerprint density at radius 2 is 1.94 bits per heavy atom. The number of benzene rings is 1. The summed E-state index contributed by atoms with van der Waals surface area (Å²) < 4.78 is 46.6. The van der Waals surface area contributed by atoms with Gasteiger partial charge in [-0.05, 0) is 25.5 Å². The van der Waals surface area contributed by atoms with Crippen molar-refractivity contribution >= 4 is 11.3 Å². The Labute approximate surface area is 181 Å². The van der Waals surface area contributed by atoms with Gasteiger partial charge < -0.3 is 15.4 Å². The quantitative estimate of drug-likeness (QED) is 0.455. The number of hydrogen-bond donors (Lipinski definition) is 2. The van der Waals surface area contributed by atoms with Crippen molar-refractivity contribution in [2.75, 3.05) is 6.61 Å². The zero-order valence-corrected chi connectivity index (χ0v) is 18.1. The third kappa shape index (κ3) is 5.46. The average molecular weight is 456 g/mol. The van der Waals surface area contributed by atoms with E-state index < -0.39 is 17.3 Å². The van der Waals surface area contributed by atoms with Crippen molar-refractivity contribution in [3.05, 3.63) is 34.7 Å². The summed E-state index contributed by atoms with van der Waals surface area (Å²) in [6.45, 7) is 3.29. The molecule has 31 heavy (non-hydrogen) atoms. The van der Waals surface area contributed by atoms with Crippen molar-refractivity contribution in [2.24, 2.45) is 5.73 Å². The fourth-order valence-corrected chi connectivity index (χ4v) is 3.80. The molecule has 168 valence electrons. The Morgan fingerprint density at radius 1 is 1.16 bits per heavy atom. The summed E-state index contributed by atoms with van der Waals surface area (Å²) >= 11 is 1.03. The van der Waals surface area contributed by atoms with Crippen LogP contribution in [-0.2, 0) is 18.1 Å². The highest BCUT2D eigenvalue weighted by molar-refractivity contribution is 7.14. The van der Waals surface area contributed by atoms with E-state index in [1.807, 2.05) is 0 Å². The fourth-order valence-electron chi connectivity index (χ4n) is 2.91. The van der Waals surface area contributed by atoms with Crippen LogP contribution in [-0.4, -0.2) is 32.1 Å². The Kier molecular flexibility index (Phi) is 7.07. The van der Waals surface area contributed by atoms with Crippen LogP contribution in [0.15, 0.2) is 22.7 Å².